The zero-order valence-electron chi connectivity index (χ0n) is 17.7. The molecule has 0 unspecified atom stereocenters. The van der Waals surface area contributed by atoms with Gasteiger partial charge < -0.3 is 16.4 Å². The Balaban J connectivity index is 1.48. The minimum absolute atomic E-state index is 0.285. The van der Waals surface area contributed by atoms with Crippen LogP contribution in [0.2, 0.25) is 0 Å². The molecule has 0 fully saturated rings. The highest BCUT2D eigenvalue weighted by molar-refractivity contribution is 7.61. The lowest BCUT2D eigenvalue weighted by atomic mass is 10.1. The first-order valence-electron chi connectivity index (χ1n) is 9.99. The van der Waals surface area contributed by atoms with Gasteiger partial charge in [0.1, 0.15) is 5.82 Å². The summed E-state index contributed by atoms with van der Waals surface area (Å²) in [5, 5.41) is 14.1. The highest BCUT2D eigenvalue weighted by Crippen LogP contribution is 2.26. The molecule has 2 aromatic heterocycles. The molecule has 0 amide bonds. The number of fused-ring (bicyclic) bond motifs is 1. The van der Waals surface area contributed by atoms with Crippen LogP contribution in [-0.2, 0) is 6.54 Å². The van der Waals surface area contributed by atoms with Crippen molar-refractivity contribution >= 4 is 47.6 Å². The fourth-order valence-corrected chi connectivity index (χ4v) is 4.48. The van der Waals surface area contributed by atoms with Crippen molar-refractivity contribution in [3.8, 4) is 0 Å². The number of halogens is 1. The summed E-state index contributed by atoms with van der Waals surface area (Å²) in [6, 6.07) is 15.0. The second kappa shape index (κ2) is 9.82. The average Bonchev–Trinajstić information content (AvgIpc) is 2.81. The molecule has 0 aliphatic rings. The summed E-state index contributed by atoms with van der Waals surface area (Å²) < 4.78 is 14.6. The monoisotopic (exact) mass is 450 g/mol. The van der Waals surface area contributed by atoms with Gasteiger partial charge in [0.25, 0.3) is 0 Å². The summed E-state index contributed by atoms with van der Waals surface area (Å²) in [5.74, 6) is 0.888. The summed E-state index contributed by atoms with van der Waals surface area (Å²) in [6.07, 6.45) is 3.29. The van der Waals surface area contributed by atoms with Crippen LogP contribution in [0.4, 0.5) is 27.5 Å². The first-order chi connectivity index (χ1) is 15.6. The summed E-state index contributed by atoms with van der Waals surface area (Å²) in [4.78, 5) is 13.0. The third-order valence-corrected chi connectivity index (χ3v) is 6.58. The third-order valence-electron chi connectivity index (χ3n) is 4.84. The van der Waals surface area contributed by atoms with Crippen molar-refractivity contribution in [1.29, 1.82) is 0 Å². The lowest BCUT2D eigenvalue weighted by Gasteiger charge is -2.17. The summed E-state index contributed by atoms with van der Waals surface area (Å²) >= 11 is 0. The Morgan fingerprint density at radius 2 is 1.88 bits per heavy atom. The van der Waals surface area contributed by atoms with Crippen molar-refractivity contribution in [2.45, 2.75) is 6.54 Å². The zero-order chi connectivity index (χ0) is 22.5. The van der Waals surface area contributed by atoms with E-state index >= 15 is 0 Å². The molecule has 0 aliphatic heterocycles. The normalized spacial score (nSPS) is 11.1. The van der Waals surface area contributed by atoms with Crippen LogP contribution >= 0.6 is 8.22 Å². The van der Waals surface area contributed by atoms with Gasteiger partial charge in [0.15, 0.2) is 17.5 Å². The maximum Gasteiger partial charge on any atom is 0.171 e. The molecular weight excluding hydrogens is 426 g/mol. The number of nitrogen functional groups attached to an aromatic ring is 1. The van der Waals surface area contributed by atoms with Gasteiger partial charge in [-0.05, 0) is 56.1 Å². The van der Waals surface area contributed by atoms with E-state index in [0.717, 1.165) is 16.5 Å². The Morgan fingerprint density at radius 3 is 2.66 bits per heavy atom. The molecule has 6 N–H and O–H groups in total. The SMILES string of the molecule is CNP(NC)c1ccc(Nc2cnc(N)c(NCc3ccc4ncccc4c3)n2)cc1F. The van der Waals surface area contributed by atoms with E-state index in [2.05, 4.69) is 41.8 Å². The van der Waals surface area contributed by atoms with E-state index in [1.807, 2.05) is 24.3 Å². The molecule has 0 saturated heterocycles. The second-order valence-electron chi connectivity index (χ2n) is 6.95. The maximum absolute atomic E-state index is 14.6. The van der Waals surface area contributed by atoms with Crippen LogP contribution in [0.1, 0.15) is 5.56 Å². The van der Waals surface area contributed by atoms with Gasteiger partial charge >= 0.3 is 0 Å². The van der Waals surface area contributed by atoms with E-state index in [-0.39, 0.29) is 11.6 Å². The Morgan fingerprint density at radius 1 is 1.03 bits per heavy atom. The Labute approximate surface area is 186 Å². The summed E-state index contributed by atoms with van der Waals surface area (Å²) in [6.45, 7) is 0.522. The number of rotatable bonds is 8. The third kappa shape index (κ3) is 4.91. The largest absolute Gasteiger partial charge is 0.381 e. The molecule has 0 atom stereocenters. The number of nitrogens with zero attached hydrogens (tertiary/aromatic N) is 3. The summed E-state index contributed by atoms with van der Waals surface area (Å²) in [5.41, 5.74) is 8.57. The summed E-state index contributed by atoms with van der Waals surface area (Å²) in [7, 11) is 2.63. The topological polar surface area (TPSA) is 113 Å². The van der Waals surface area contributed by atoms with E-state index in [0.29, 0.717) is 29.2 Å². The first kappa shape index (κ1) is 21.8. The number of aromatic nitrogens is 3. The van der Waals surface area contributed by atoms with Crippen LogP contribution in [0, 0.1) is 5.82 Å². The zero-order valence-corrected chi connectivity index (χ0v) is 18.6. The lowest BCUT2D eigenvalue weighted by Crippen LogP contribution is -2.22. The highest BCUT2D eigenvalue weighted by atomic mass is 31.1. The molecule has 32 heavy (non-hydrogen) atoms. The maximum atomic E-state index is 14.6. The number of hydrogen-bond donors (Lipinski definition) is 5. The smallest absolute Gasteiger partial charge is 0.171 e. The fraction of sp³-hybridized carbons (Fsp3) is 0.136. The molecule has 0 spiro atoms. The number of pyridine rings is 1. The Hall–Kier alpha value is -3.39. The van der Waals surface area contributed by atoms with E-state index in [1.54, 1.807) is 32.4 Å². The van der Waals surface area contributed by atoms with Crippen LogP contribution in [0.15, 0.2) is 60.9 Å². The number of nitrogens with one attached hydrogen (secondary N) is 4. The number of anilines is 4. The van der Waals surface area contributed by atoms with Gasteiger partial charge in [-0.2, -0.15) is 0 Å². The minimum Gasteiger partial charge on any atom is -0.381 e. The average molecular weight is 450 g/mol. The van der Waals surface area contributed by atoms with Crippen molar-refractivity contribution in [2.75, 3.05) is 30.5 Å². The van der Waals surface area contributed by atoms with Crippen LogP contribution in [0.5, 0.6) is 0 Å². The Bertz CT molecular complexity index is 1230. The predicted octanol–water partition coefficient (Wildman–Crippen LogP) is 3.48. The fourth-order valence-electron chi connectivity index (χ4n) is 3.28. The van der Waals surface area contributed by atoms with Gasteiger partial charge in [-0.1, -0.05) is 12.1 Å². The molecule has 0 saturated carbocycles. The molecule has 8 nitrogen and oxygen atoms in total. The Kier molecular flexibility index (Phi) is 6.70. The number of benzene rings is 2. The van der Waals surface area contributed by atoms with Crippen LogP contribution in [0.25, 0.3) is 10.9 Å². The van der Waals surface area contributed by atoms with Crippen LogP contribution in [0.3, 0.4) is 0 Å². The van der Waals surface area contributed by atoms with Gasteiger partial charge in [-0.15, -0.1) is 0 Å². The van der Waals surface area contributed by atoms with E-state index in [1.165, 1.54) is 12.3 Å². The molecule has 0 radical (unpaired) electrons. The molecule has 4 rings (SSSR count). The number of hydrogen-bond acceptors (Lipinski definition) is 8. The van der Waals surface area contributed by atoms with E-state index in [4.69, 9.17) is 5.73 Å². The molecular formula is C22H24FN8P. The molecule has 10 heteroatoms. The molecule has 164 valence electrons. The molecule has 0 aliphatic carbocycles. The van der Waals surface area contributed by atoms with Crippen molar-refractivity contribution in [1.82, 2.24) is 25.1 Å². The molecule has 2 aromatic carbocycles. The van der Waals surface area contributed by atoms with Gasteiger partial charge in [-0.3, -0.25) is 15.2 Å². The van der Waals surface area contributed by atoms with Crippen molar-refractivity contribution in [3.63, 3.8) is 0 Å². The quantitative estimate of drug-likeness (QED) is 0.260. The van der Waals surface area contributed by atoms with Gasteiger partial charge in [0, 0.05) is 29.1 Å². The first-order valence-corrected chi connectivity index (χ1v) is 11.3. The van der Waals surface area contributed by atoms with E-state index in [9.17, 15) is 4.39 Å². The van der Waals surface area contributed by atoms with Crippen LogP contribution in [-0.4, -0.2) is 29.0 Å². The lowest BCUT2D eigenvalue weighted by molar-refractivity contribution is 0.636. The molecule has 2 heterocycles. The number of nitrogens with two attached hydrogens (primary N) is 1. The van der Waals surface area contributed by atoms with E-state index < -0.39 is 8.22 Å². The van der Waals surface area contributed by atoms with Gasteiger partial charge in [0.2, 0.25) is 0 Å². The highest BCUT2D eigenvalue weighted by Gasteiger charge is 2.13. The van der Waals surface area contributed by atoms with Gasteiger partial charge in [-0.25, -0.2) is 14.4 Å². The molecule has 4 aromatic rings. The van der Waals surface area contributed by atoms with Gasteiger partial charge in [0.05, 0.1) is 19.9 Å². The predicted molar refractivity (Wildman–Crippen MR) is 130 cm³/mol. The minimum atomic E-state index is -0.953. The van der Waals surface area contributed by atoms with Crippen molar-refractivity contribution < 1.29 is 4.39 Å². The molecule has 0 bridgehead atoms. The van der Waals surface area contributed by atoms with Crippen molar-refractivity contribution in [3.05, 3.63) is 72.3 Å². The second-order valence-corrected chi connectivity index (χ2v) is 8.99. The van der Waals surface area contributed by atoms with Crippen molar-refractivity contribution in [2.24, 2.45) is 0 Å². The van der Waals surface area contributed by atoms with Crippen LogP contribution < -0.4 is 31.8 Å². The standard InChI is InChI=1S/C22H24FN8P/c1-25-32(26-2)19-8-6-16(11-17(19)23)30-20-13-28-21(24)22(31-20)29-12-14-5-7-18-15(10-14)4-3-9-27-18/h3-11,13,25-26H,12H2,1-2H3,(H2,24,28)(H2,29,30,31).